The molecule has 1 saturated heterocycles. The molecule has 0 amide bonds. The minimum absolute atomic E-state index is 0.0903. The van der Waals surface area contributed by atoms with E-state index in [0.29, 0.717) is 12.1 Å². The van der Waals surface area contributed by atoms with Crippen LogP contribution in [0.15, 0.2) is 168 Å². The van der Waals surface area contributed by atoms with Gasteiger partial charge in [-0.2, -0.15) is 0 Å². The molecule has 49 heavy (non-hydrogen) atoms. The van der Waals surface area contributed by atoms with Crippen LogP contribution in [-0.2, 0) is 4.79 Å². The Morgan fingerprint density at radius 2 is 1.29 bits per heavy atom. The molecule has 4 aliphatic rings. The lowest BCUT2D eigenvalue weighted by atomic mass is 9.89. The molecule has 2 unspecified atom stereocenters. The van der Waals surface area contributed by atoms with Crippen LogP contribution in [0.2, 0.25) is 0 Å². The molecule has 5 heteroatoms. The first kappa shape index (κ1) is 29.0. The van der Waals surface area contributed by atoms with Crippen LogP contribution in [0.25, 0.3) is 22.3 Å². The van der Waals surface area contributed by atoms with E-state index in [-0.39, 0.29) is 17.7 Å². The van der Waals surface area contributed by atoms with Crippen LogP contribution in [0, 0.1) is 5.92 Å². The summed E-state index contributed by atoms with van der Waals surface area (Å²) in [7, 11) is 0. The Balaban J connectivity index is 1.38. The molecule has 2 atom stereocenters. The Morgan fingerprint density at radius 3 is 2.00 bits per heavy atom. The first-order chi connectivity index (χ1) is 24.2. The van der Waals surface area contributed by atoms with Crippen molar-refractivity contribution in [2.75, 3.05) is 0 Å². The lowest BCUT2D eigenvalue weighted by Gasteiger charge is -2.19. The van der Waals surface area contributed by atoms with E-state index in [9.17, 15) is 4.79 Å². The van der Waals surface area contributed by atoms with Gasteiger partial charge in [0.25, 0.3) is 0 Å². The van der Waals surface area contributed by atoms with E-state index in [4.69, 9.17) is 4.99 Å². The molecule has 5 nitrogen and oxygen atoms in total. The van der Waals surface area contributed by atoms with Gasteiger partial charge in [-0.15, -0.1) is 0 Å². The first-order valence-corrected chi connectivity index (χ1v) is 16.9. The number of benzene rings is 3. The van der Waals surface area contributed by atoms with E-state index in [2.05, 4.69) is 137 Å². The number of allylic oxidation sites excluding steroid dienone is 8. The fraction of sp³-hybridized carbons (Fsp3) is 0.0909. The number of rotatable bonds is 4. The van der Waals surface area contributed by atoms with E-state index in [0.717, 1.165) is 78.9 Å². The number of hydrogen-bond donors (Lipinski definition) is 3. The molecule has 0 radical (unpaired) electrons. The third-order valence-corrected chi connectivity index (χ3v) is 9.81. The average molecular weight is 635 g/mol. The number of hydrogen-bond acceptors (Lipinski definition) is 3. The maximum atomic E-state index is 14.2. The fourth-order valence-corrected chi connectivity index (χ4v) is 7.60. The van der Waals surface area contributed by atoms with E-state index < -0.39 is 0 Å². The first-order valence-electron chi connectivity index (χ1n) is 16.9. The molecule has 8 bridgehead atoms. The molecule has 3 N–H and O–H groups in total. The smallest absolute Gasteiger partial charge is 0.181 e. The number of Topliss-reactive ketones (excluding diaryl/α,β-unsaturated/α-hetero) is 1. The number of H-pyrrole nitrogens is 2. The van der Waals surface area contributed by atoms with E-state index in [1.807, 2.05) is 30.3 Å². The minimum atomic E-state index is -0.234. The highest BCUT2D eigenvalue weighted by atomic mass is 16.1. The van der Waals surface area contributed by atoms with Gasteiger partial charge in [-0.1, -0.05) is 115 Å². The zero-order valence-electron chi connectivity index (χ0n) is 26.9. The van der Waals surface area contributed by atoms with Crippen LogP contribution in [0.5, 0.6) is 0 Å². The van der Waals surface area contributed by atoms with Crippen molar-refractivity contribution >= 4 is 33.8 Å². The van der Waals surface area contributed by atoms with Crippen molar-refractivity contribution < 1.29 is 4.79 Å². The van der Waals surface area contributed by atoms with Gasteiger partial charge in [0.1, 0.15) is 0 Å². The number of aliphatic imine (C=N–C) groups is 1. The Morgan fingerprint density at radius 1 is 0.612 bits per heavy atom. The summed E-state index contributed by atoms with van der Waals surface area (Å²) in [6, 6.07) is 39.4. The van der Waals surface area contributed by atoms with Gasteiger partial charge in [-0.25, -0.2) is 4.99 Å². The summed E-state index contributed by atoms with van der Waals surface area (Å²) in [5, 5.41) is 5.68. The maximum Gasteiger partial charge on any atom is 0.181 e. The lowest BCUT2D eigenvalue weighted by molar-refractivity contribution is -0.114. The highest BCUT2D eigenvalue weighted by Gasteiger charge is 2.34. The minimum Gasteiger partial charge on any atom is -0.374 e. The summed E-state index contributed by atoms with van der Waals surface area (Å²) in [6.07, 6.45) is 14.2. The molecule has 9 rings (SSSR count). The summed E-state index contributed by atoms with van der Waals surface area (Å²) in [5.41, 5.74) is 11.6. The molecule has 2 aromatic heterocycles. The number of aromatic amines is 2. The average Bonchev–Trinajstić information content (AvgIpc) is 3.98. The second kappa shape index (κ2) is 12.1. The number of ketones is 1. The van der Waals surface area contributed by atoms with E-state index in [1.165, 1.54) is 0 Å². The summed E-state index contributed by atoms with van der Waals surface area (Å²) >= 11 is 0. The van der Waals surface area contributed by atoms with Crippen LogP contribution in [0.4, 0.5) is 0 Å². The number of fused-ring (bicyclic) bond motifs is 7. The van der Waals surface area contributed by atoms with Gasteiger partial charge in [-0.05, 0) is 59.5 Å². The van der Waals surface area contributed by atoms with Crippen LogP contribution in [0.1, 0.15) is 40.9 Å². The molecule has 0 spiro atoms. The van der Waals surface area contributed by atoms with Crippen LogP contribution >= 0.6 is 0 Å². The van der Waals surface area contributed by atoms with Gasteiger partial charge < -0.3 is 15.3 Å². The Hall–Kier alpha value is -6.20. The summed E-state index contributed by atoms with van der Waals surface area (Å²) in [6.45, 7) is 0. The second-order valence-electron chi connectivity index (χ2n) is 12.8. The number of nitrogens with one attached hydrogen (secondary N) is 3. The molecule has 5 aromatic rings. The standard InChI is InChI=1S/C44H34N4O/c49-39-27-38-42(30-17-9-3-10-18-30)36-24-23-34(46-36)40(28-13-5-1-6-14-28)32-21-22-33(45-32)41(29-15-7-2-8-16-29)35-25-26-37(47-35)43(44(39)48-38)31-19-11-4-12-20-31/h1-15,17-26,29,38,46-48H,16,27H2/b40-34-,41-33-,42-36-,44-43-. The molecule has 1 fully saturated rings. The van der Waals surface area contributed by atoms with Gasteiger partial charge in [0, 0.05) is 56.7 Å². The molecule has 5 heterocycles. The molecule has 1 aliphatic carbocycles. The van der Waals surface area contributed by atoms with Gasteiger partial charge in [0.2, 0.25) is 0 Å². The van der Waals surface area contributed by atoms with Crippen molar-refractivity contribution in [1.82, 2.24) is 15.3 Å². The second-order valence-corrected chi connectivity index (χ2v) is 12.8. The number of nitrogens with zero attached hydrogens (tertiary/aromatic N) is 1. The fourth-order valence-electron chi connectivity index (χ4n) is 7.60. The highest BCUT2D eigenvalue weighted by molar-refractivity contribution is 6.30. The van der Waals surface area contributed by atoms with Gasteiger partial charge in [-0.3, -0.25) is 4.79 Å². The number of carbonyl (C=O) groups is 1. The molecule has 0 saturated carbocycles. The molecular formula is C44H34N4O. The summed E-state index contributed by atoms with van der Waals surface area (Å²) in [5.74, 6) is 0.231. The van der Waals surface area contributed by atoms with Crippen molar-refractivity contribution in [3.63, 3.8) is 0 Å². The van der Waals surface area contributed by atoms with Crippen LogP contribution < -0.4 is 16.0 Å². The third kappa shape index (κ3) is 5.20. The van der Waals surface area contributed by atoms with Crippen LogP contribution in [0.3, 0.4) is 0 Å². The SMILES string of the molecule is O=C1CC2N/C1=C(/c1ccccc1)c1ccc([nH]1)/C(C1C=CC=CC1)=C1/C=CC(=N1)/C(c1ccccc1)=c1/cc/c([nH]1)=C/2c1ccccc1. The summed E-state index contributed by atoms with van der Waals surface area (Å²) < 4.78 is 0. The van der Waals surface area contributed by atoms with Crippen molar-refractivity contribution in [2.45, 2.75) is 18.9 Å². The quantitative estimate of drug-likeness (QED) is 0.199. The topological polar surface area (TPSA) is 73.0 Å². The molecule has 3 aromatic carbocycles. The van der Waals surface area contributed by atoms with Crippen molar-refractivity contribution in [3.05, 3.63) is 202 Å². The normalized spacial score (nSPS) is 25.1. The Bertz CT molecular complexity index is 2420. The Labute approximate surface area is 284 Å². The lowest BCUT2D eigenvalue weighted by Crippen LogP contribution is -2.29. The van der Waals surface area contributed by atoms with Crippen molar-refractivity contribution in [1.29, 1.82) is 0 Å². The largest absolute Gasteiger partial charge is 0.374 e. The van der Waals surface area contributed by atoms with E-state index in [1.54, 1.807) is 0 Å². The van der Waals surface area contributed by atoms with Crippen LogP contribution in [-0.4, -0.2) is 27.5 Å². The van der Waals surface area contributed by atoms with Crippen molar-refractivity contribution in [3.8, 4) is 0 Å². The van der Waals surface area contributed by atoms with Gasteiger partial charge in [0.05, 0.1) is 23.1 Å². The Kier molecular flexibility index (Phi) is 7.16. The van der Waals surface area contributed by atoms with Gasteiger partial charge in [0.15, 0.2) is 5.78 Å². The number of carbonyl (C=O) groups excluding carboxylic acids is 1. The molecule has 3 aliphatic heterocycles. The zero-order chi connectivity index (χ0) is 32.7. The maximum absolute atomic E-state index is 14.2. The molecular weight excluding hydrogens is 601 g/mol. The van der Waals surface area contributed by atoms with Gasteiger partial charge >= 0.3 is 0 Å². The predicted molar refractivity (Wildman–Crippen MR) is 198 cm³/mol. The predicted octanol–water partition coefficient (Wildman–Crippen LogP) is 7.00. The third-order valence-electron chi connectivity index (χ3n) is 9.81. The van der Waals surface area contributed by atoms with E-state index >= 15 is 0 Å². The summed E-state index contributed by atoms with van der Waals surface area (Å²) in [4.78, 5) is 27.1. The number of aromatic nitrogens is 2. The van der Waals surface area contributed by atoms with Crippen molar-refractivity contribution in [2.24, 2.45) is 10.9 Å². The monoisotopic (exact) mass is 634 g/mol. The zero-order valence-corrected chi connectivity index (χ0v) is 26.9. The molecule has 236 valence electrons. The highest BCUT2D eigenvalue weighted by Crippen LogP contribution is 2.38.